The number of amides is 3. The molecule has 0 bridgehead atoms. The first-order chi connectivity index (χ1) is 15.4. The van der Waals surface area contributed by atoms with E-state index >= 15 is 0 Å². The van der Waals surface area contributed by atoms with E-state index in [2.05, 4.69) is 10.9 Å². The van der Waals surface area contributed by atoms with Crippen LogP contribution in [0.1, 0.15) is 28.8 Å². The SMILES string of the molecule is COc1cccc(/C=C2/SC(=S)N(CCCC(=O)NNC(=O)c3ccccc3Cl)C2=O)c1. The molecule has 2 aromatic rings. The van der Waals surface area contributed by atoms with Crippen LogP contribution in [0.2, 0.25) is 5.02 Å². The first-order valence-electron chi connectivity index (χ1n) is 9.62. The fraction of sp³-hybridized carbons (Fsp3) is 0.182. The van der Waals surface area contributed by atoms with Gasteiger partial charge in [-0.15, -0.1) is 0 Å². The second kappa shape index (κ2) is 11.1. The number of nitrogens with one attached hydrogen (secondary N) is 2. The first kappa shape index (κ1) is 23.8. The monoisotopic (exact) mass is 489 g/mol. The average Bonchev–Trinajstić information content (AvgIpc) is 3.05. The number of hydrogen-bond donors (Lipinski definition) is 2. The van der Waals surface area contributed by atoms with Crippen molar-refractivity contribution in [3.8, 4) is 5.75 Å². The van der Waals surface area contributed by atoms with Crippen molar-refractivity contribution in [2.75, 3.05) is 13.7 Å². The number of hydrogen-bond acceptors (Lipinski definition) is 6. The summed E-state index contributed by atoms with van der Waals surface area (Å²) in [6, 6.07) is 13.9. The maximum atomic E-state index is 12.7. The lowest BCUT2D eigenvalue weighted by Gasteiger charge is -2.14. The molecule has 0 saturated carbocycles. The Bertz CT molecular complexity index is 1090. The number of rotatable bonds is 7. The summed E-state index contributed by atoms with van der Waals surface area (Å²) in [4.78, 5) is 38.8. The van der Waals surface area contributed by atoms with E-state index < -0.39 is 5.91 Å². The lowest BCUT2D eigenvalue weighted by Crippen LogP contribution is -2.42. The molecule has 1 aliphatic heterocycles. The summed E-state index contributed by atoms with van der Waals surface area (Å²) in [7, 11) is 1.58. The number of nitrogens with zero attached hydrogens (tertiary/aromatic N) is 1. The second-order valence-corrected chi connectivity index (χ2v) is 8.78. The Labute approximate surface area is 200 Å². The molecular weight excluding hydrogens is 470 g/mol. The van der Waals surface area contributed by atoms with Crippen molar-refractivity contribution >= 4 is 63.7 Å². The quantitative estimate of drug-likeness (QED) is 0.349. The van der Waals surface area contributed by atoms with E-state index in [9.17, 15) is 14.4 Å². The summed E-state index contributed by atoms with van der Waals surface area (Å²) in [6.07, 6.45) is 2.25. The lowest BCUT2D eigenvalue weighted by atomic mass is 10.2. The van der Waals surface area contributed by atoms with Crippen LogP contribution in [0.15, 0.2) is 53.4 Å². The minimum Gasteiger partial charge on any atom is -0.497 e. The van der Waals surface area contributed by atoms with Gasteiger partial charge in [-0.2, -0.15) is 0 Å². The summed E-state index contributed by atoms with van der Waals surface area (Å²) in [5.74, 6) is -0.400. The molecule has 0 atom stereocenters. The Hall–Kier alpha value is -2.88. The number of methoxy groups -OCH3 is 1. The molecule has 3 rings (SSSR count). The minimum atomic E-state index is -0.511. The Morgan fingerprint density at radius 1 is 1.19 bits per heavy atom. The van der Waals surface area contributed by atoms with Crippen LogP contribution >= 0.6 is 35.6 Å². The highest BCUT2D eigenvalue weighted by Gasteiger charge is 2.31. The molecule has 3 amide bonds. The Balaban J connectivity index is 1.48. The zero-order valence-electron chi connectivity index (χ0n) is 17.1. The summed E-state index contributed by atoms with van der Waals surface area (Å²) < 4.78 is 5.64. The molecule has 10 heteroatoms. The highest BCUT2D eigenvalue weighted by molar-refractivity contribution is 8.26. The topological polar surface area (TPSA) is 87.7 Å². The van der Waals surface area contributed by atoms with Gasteiger partial charge in [0.1, 0.15) is 10.1 Å². The maximum absolute atomic E-state index is 12.7. The van der Waals surface area contributed by atoms with Gasteiger partial charge in [0, 0.05) is 13.0 Å². The Morgan fingerprint density at radius 3 is 2.72 bits per heavy atom. The molecule has 0 aliphatic carbocycles. The summed E-state index contributed by atoms with van der Waals surface area (Å²) in [5, 5.41) is 0.288. The van der Waals surface area contributed by atoms with Crippen molar-refractivity contribution in [1.29, 1.82) is 0 Å². The van der Waals surface area contributed by atoms with Gasteiger partial charge in [0.15, 0.2) is 0 Å². The predicted octanol–water partition coefficient (Wildman–Crippen LogP) is 3.79. The van der Waals surface area contributed by atoms with Crippen molar-refractivity contribution in [2.45, 2.75) is 12.8 Å². The van der Waals surface area contributed by atoms with Gasteiger partial charge in [0.05, 0.1) is 22.6 Å². The second-order valence-electron chi connectivity index (χ2n) is 6.70. The van der Waals surface area contributed by atoms with Gasteiger partial charge in [-0.1, -0.05) is 59.8 Å². The fourth-order valence-corrected chi connectivity index (χ4v) is 4.40. The summed E-state index contributed by atoms with van der Waals surface area (Å²) in [6.45, 7) is 0.298. The zero-order valence-corrected chi connectivity index (χ0v) is 19.5. The van der Waals surface area contributed by atoms with E-state index in [4.69, 9.17) is 28.6 Å². The molecule has 2 aromatic carbocycles. The molecule has 0 spiro atoms. The molecule has 1 heterocycles. The number of hydrazine groups is 1. The highest BCUT2D eigenvalue weighted by Crippen LogP contribution is 2.33. The van der Waals surface area contributed by atoms with Crippen LogP contribution in [0.25, 0.3) is 6.08 Å². The van der Waals surface area contributed by atoms with E-state index in [0.29, 0.717) is 27.9 Å². The smallest absolute Gasteiger partial charge is 0.271 e. The van der Waals surface area contributed by atoms with Gasteiger partial charge in [-0.25, -0.2) is 0 Å². The molecule has 7 nitrogen and oxygen atoms in total. The average molecular weight is 490 g/mol. The summed E-state index contributed by atoms with van der Waals surface area (Å²) >= 11 is 12.5. The number of thioether (sulfide) groups is 1. The van der Waals surface area contributed by atoms with Crippen molar-refractivity contribution in [1.82, 2.24) is 15.8 Å². The third-order valence-electron chi connectivity index (χ3n) is 4.48. The molecular formula is C22H20ClN3O4S2. The van der Waals surface area contributed by atoms with Gasteiger partial charge < -0.3 is 4.74 Å². The number of carbonyl (C=O) groups is 3. The number of benzene rings is 2. The number of ether oxygens (including phenoxy) is 1. The van der Waals surface area contributed by atoms with Crippen LogP contribution in [0.4, 0.5) is 0 Å². The lowest BCUT2D eigenvalue weighted by molar-refractivity contribution is -0.124. The van der Waals surface area contributed by atoms with E-state index in [-0.39, 0.29) is 28.8 Å². The number of halogens is 1. The van der Waals surface area contributed by atoms with Crippen LogP contribution in [-0.2, 0) is 9.59 Å². The van der Waals surface area contributed by atoms with E-state index in [1.807, 2.05) is 24.3 Å². The van der Waals surface area contributed by atoms with E-state index in [1.165, 1.54) is 16.7 Å². The van der Waals surface area contributed by atoms with Crippen LogP contribution < -0.4 is 15.6 Å². The van der Waals surface area contributed by atoms with Gasteiger partial charge >= 0.3 is 0 Å². The molecule has 0 aromatic heterocycles. The summed E-state index contributed by atoms with van der Waals surface area (Å²) in [5.41, 5.74) is 5.76. The standard InChI is InChI=1S/C22H20ClN3O4S2/c1-30-15-7-4-6-14(12-15)13-18-21(29)26(22(31)32-18)11-5-10-19(27)24-25-20(28)16-8-2-3-9-17(16)23/h2-4,6-9,12-13H,5,10-11H2,1H3,(H,24,27)(H,25,28)/b18-13+. The van der Waals surface area contributed by atoms with Crippen LogP contribution in [0, 0.1) is 0 Å². The number of carbonyl (C=O) groups excluding carboxylic acids is 3. The normalized spacial score (nSPS) is 14.6. The molecule has 2 N–H and O–H groups in total. The molecule has 32 heavy (non-hydrogen) atoms. The van der Waals surface area contributed by atoms with Crippen molar-refractivity contribution in [3.63, 3.8) is 0 Å². The van der Waals surface area contributed by atoms with Gasteiger partial charge in [-0.3, -0.25) is 30.1 Å². The maximum Gasteiger partial charge on any atom is 0.271 e. The van der Waals surface area contributed by atoms with Crippen LogP contribution in [-0.4, -0.2) is 40.6 Å². The predicted molar refractivity (Wildman–Crippen MR) is 129 cm³/mol. The Kier molecular flexibility index (Phi) is 8.26. The van der Waals surface area contributed by atoms with Gasteiger partial charge in [0.25, 0.3) is 11.8 Å². The molecule has 166 valence electrons. The highest BCUT2D eigenvalue weighted by atomic mass is 35.5. The van der Waals surface area contributed by atoms with Crippen molar-refractivity contribution in [2.24, 2.45) is 0 Å². The largest absolute Gasteiger partial charge is 0.497 e. The number of thiocarbonyl (C=S) groups is 1. The van der Waals surface area contributed by atoms with Crippen molar-refractivity contribution < 1.29 is 19.1 Å². The van der Waals surface area contributed by atoms with Crippen molar-refractivity contribution in [3.05, 3.63) is 69.6 Å². The molecule has 1 fully saturated rings. The molecule has 0 unspecified atom stereocenters. The minimum absolute atomic E-state index is 0.106. The third kappa shape index (κ3) is 6.09. The Morgan fingerprint density at radius 2 is 1.97 bits per heavy atom. The van der Waals surface area contributed by atoms with Gasteiger partial charge in [0.2, 0.25) is 5.91 Å². The van der Waals surface area contributed by atoms with Crippen LogP contribution in [0.5, 0.6) is 5.75 Å². The van der Waals surface area contributed by atoms with Gasteiger partial charge in [-0.05, 0) is 42.3 Å². The molecule has 1 aliphatic rings. The zero-order chi connectivity index (χ0) is 23.1. The van der Waals surface area contributed by atoms with E-state index in [1.54, 1.807) is 37.5 Å². The first-order valence-corrected chi connectivity index (χ1v) is 11.2. The molecule has 0 radical (unpaired) electrons. The fourth-order valence-electron chi connectivity index (χ4n) is 2.87. The van der Waals surface area contributed by atoms with Crippen LogP contribution in [0.3, 0.4) is 0 Å². The third-order valence-corrected chi connectivity index (χ3v) is 6.19. The molecule has 1 saturated heterocycles. The van der Waals surface area contributed by atoms with E-state index in [0.717, 1.165) is 5.56 Å².